The summed E-state index contributed by atoms with van der Waals surface area (Å²) >= 11 is -1.58. The number of carbonyl (C=O) groups is 1. The summed E-state index contributed by atoms with van der Waals surface area (Å²) in [6, 6.07) is -0.716. The molecular weight excluding hydrogens is 191 g/mol. The second kappa shape index (κ2) is 11.8. The van der Waals surface area contributed by atoms with Crippen LogP contribution in [0.25, 0.3) is 0 Å². The molecule has 0 fully saturated rings. The Bertz CT molecular complexity index is 125. The highest BCUT2D eigenvalue weighted by Crippen LogP contribution is 1.96. The number of rotatable bonds is 5. The summed E-state index contributed by atoms with van der Waals surface area (Å²) in [5.74, 6) is -0.933. The smallest absolute Gasteiger partial charge is 0.496 e. The summed E-state index contributed by atoms with van der Waals surface area (Å²) < 4.78 is 14.5. The van der Waals surface area contributed by atoms with Crippen molar-refractivity contribution < 1.29 is 18.2 Å². The molecule has 1 unspecified atom stereocenters. The average molecular weight is 208 g/mol. The predicted octanol–water partition coefficient (Wildman–Crippen LogP) is -2.24. The van der Waals surface area contributed by atoms with Gasteiger partial charge < -0.3 is 24.9 Å². The lowest BCUT2D eigenvalue weighted by Crippen LogP contribution is -2.29. The van der Waals surface area contributed by atoms with Crippen LogP contribution in [0.15, 0.2) is 0 Å². The molecule has 13 heavy (non-hydrogen) atoms. The van der Waals surface area contributed by atoms with Crippen molar-refractivity contribution in [2.24, 2.45) is 11.5 Å². The number of unbranched alkanes of at least 4 members (excludes halogenated alkanes) is 1. The number of nitrogens with two attached hydrogens (primary N) is 2. The lowest BCUT2D eigenvalue weighted by atomic mass is 10.1. The number of hydrogen-bond acceptors (Lipinski definition) is 5. The standard InChI is InChI=1S/C6H14N2O2.Al.2H2O.H/c7-4-2-1-3-5(8)6(9)10;;;;/h5H,1-4,7-8H2,(H,9,10);;2*1H2;/q;+2;;;/p-2. The molecule has 1 atom stereocenters. The van der Waals surface area contributed by atoms with Crippen molar-refractivity contribution in [2.75, 3.05) is 6.54 Å². The van der Waals surface area contributed by atoms with Gasteiger partial charge in [0.15, 0.2) is 0 Å². The zero-order valence-corrected chi connectivity index (χ0v) is 8.93. The Hall–Kier alpha value is -0.158. The van der Waals surface area contributed by atoms with Gasteiger partial charge in [0.1, 0.15) is 6.04 Å². The third-order valence-electron chi connectivity index (χ3n) is 1.29. The number of carboxylic acids is 1. The maximum Gasteiger partial charge on any atom is 0.644 e. The van der Waals surface area contributed by atoms with E-state index in [-0.39, 0.29) is 0 Å². The van der Waals surface area contributed by atoms with Crippen LogP contribution >= 0.6 is 0 Å². The maximum atomic E-state index is 10.1. The van der Waals surface area contributed by atoms with E-state index < -0.39 is 27.9 Å². The van der Waals surface area contributed by atoms with E-state index in [1.54, 1.807) is 0 Å². The Labute approximate surface area is 83.9 Å². The van der Waals surface area contributed by atoms with Gasteiger partial charge in [0.2, 0.25) is 0 Å². The van der Waals surface area contributed by atoms with Gasteiger partial charge >= 0.3 is 21.9 Å². The molecule has 0 amide bonds. The molecule has 0 aliphatic heterocycles. The molecule has 0 aromatic carbocycles. The lowest BCUT2D eigenvalue weighted by molar-refractivity contribution is -0.138. The molecule has 6 nitrogen and oxygen atoms in total. The van der Waals surface area contributed by atoms with E-state index in [0.717, 1.165) is 12.8 Å². The van der Waals surface area contributed by atoms with E-state index in [9.17, 15) is 4.79 Å². The fraction of sp³-hybridized carbons (Fsp3) is 0.833. The summed E-state index contributed by atoms with van der Waals surface area (Å²) in [5.41, 5.74) is 10.4. The molecule has 7 N–H and O–H groups in total. The predicted molar refractivity (Wildman–Crippen MR) is 50.1 cm³/mol. The number of aliphatic carboxylic acids is 1. The van der Waals surface area contributed by atoms with Crippen molar-refractivity contribution in [3.8, 4) is 0 Å². The zero-order chi connectivity index (χ0) is 10.7. The lowest BCUT2D eigenvalue weighted by Gasteiger charge is -2.03. The summed E-state index contributed by atoms with van der Waals surface area (Å²) in [4.78, 5) is 10.1. The van der Waals surface area contributed by atoms with Crippen LogP contribution < -0.4 is 11.5 Å². The molecule has 0 radical (unpaired) electrons. The van der Waals surface area contributed by atoms with Crippen LogP contribution in [0.4, 0.5) is 0 Å². The molecule has 0 heterocycles. The quantitative estimate of drug-likeness (QED) is 0.256. The molecule has 0 aliphatic rings. The van der Waals surface area contributed by atoms with Gasteiger partial charge in [-0.25, -0.2) is 0 Å². The first kappa shape index (κ1) is 15.3. The van der Waals surface area contributed by atoms with Gasteiger partial charge in [-0.1, -0.05) is 6.42 Å². The Morgan fingerprint density at radius 3 is 2.15 bits per heavy atom. The van der Waals surface area contributed by atoms with Gasteiger partial charge in [-0.2, -0.15) is 0 Å². The molecule has 0 spiro atoms. The SMILES string of the molecule is NCCCCC(N)C(=O)O.[OH][AlH][OH]. The highest BCUT2D eigenvalue weighted by molar-refractivity contribution is 6.13. The molecule has 78 valence electrons. The minimum atomic E-state index is -1.58. The van der Waals surface area contributed by atoms with Crippen LogP contribution in [-0.4, -0.2) is 47.9 Å². The molecule has 7 heteroatoms. The Balaban J connectivity index is 0. The first-order valence-electron chi connectivity index (χ1n) is 4.00. The van der Waals surface area contributed by atoms with E-state index >= 15 is 0 Å². The second-order valence-corrected chi connectivity index (χ2v) is 2.65. The van der Waals surface area contributed by atoms with Crippen molar-refractivity contribution in [3.05, 3.63) is 0 Å². The van der Waals surface area contributed by atoms with Gasteiger partial charge in [0.25, 0.3) is 0 Å². The van der Waals surface area contributed by atoms with Crippen LogP contribution in [0.1, 0.15) is 19.3 Å². The summed E-state index contributed by atoms with van der Waals surface area (Å²) in [6.07, 6.45) is 2.16. The first-order chi connectivity index (χ1) is 6.09. The topological polar surface area (TPSA) is 130 Å². The van der Waals surface area contributed by atoms with Crippen LogP contribution in [0.3, 0.4) is 0 Å². The number of carboxylic acid groups (broad SMARTS) is 1. The molecule has 0 aromatic rings. The van der Waals surface area contributed by atoms with Crippen LogP contribution in [0.2, 0.25) is 0 Å². The molecule has 0 saturated carbocycles. The van der Waals surface area contributed by atoms with Gasteiger partial charge in [0, 0.05) is 0 Å². The van der Waals surface area contributed by atoms with E-state index in [1.807, 2.05) is 0 Å². The molecular formula is C6H17AlN2O4. The van der Waals surface area contributed by atoms with Crippen molar-refractivity contribution in [2.45, 2.75) is 25.3 Å². The fourth-order valence-corrected chi connectivity index (χ4v) is 0.632. The fourth-order valence-electron chi connectivity index (χ4n) is 0.632. The van der Waals surface area contributed by atoms with E-state index in [1.165, 1.54) is 0 Å². The van der Waals surface area contributed by atoms with Crippen LogP contribution in [0.5, 0.6) is 0 Å². The van der Waals surface area contributed by atoms with Crippen LogP contribution in [0, 0.1) is 0 Å². The average Bonchev–Trinajstić information content (AvgIpc) is 2.06. The van der Waals surface area contributed by atoms with Crippen LogP contribution in [-0.2, 0) is 4.79 Å². The van der Waals surface area contributed by atoms with Crippen molar-refractivity contribution >= 4 is 21.9 Å². The Morgan fingerprint density at radius 1 is 1.38 bits per heavy atom. The first-order valence-corrected chi connectivity index (χ1v) is 5.26. The van der Waals surface area contributed by atoms with Gasteiger partial charge in [-0.05, 0) is 19.4 Å². The van der Waals surface area contributed by atoms with Crippen molar-refractivity contribution in [1.29, 1.82) is 0 Å². The highest BCUT2D eigenvalue weighted by atomic mass is 27.2. The molecule has 0 aliphatic carbocycles. The van der Waals surface area contributed by atoms with Gasteiger partial charge in [-0.3, -0.25) is 4.79 Å². The van der Waals surface area contributed by atoms with Gasteiger partial charge in [-0.15, -0.1) is 0 Å². The number of hydrogen-bond donors (Lipinski definition) is 5. The van der Waals surface area contributed by atoms with E-state index in [4.69, 9.17) is 24.9 Å². The Kier molecular flexibility index (Phi) is 14.0. The van der Waals surface area contributed by atoms with E-state index in [0.29, 0.717) is 13.0 Å². The molecule has 0 aromatic heterocycles. The molecule has 0 saturated heterocycles. The maximum absolute atomic E-state index is 10.1. The zero-order valence-electron chi connectivity index (χ0n) is 7.52. The van der Waals surface area contributed by atoms with Gasteiger partial charge in [0.05, 0.1) is 0 Å². The largest absolute Gasteiger partial charge is 0.644 e. The minimum absolute atomic E-state index is 0.520. The summed E-state index contributed by atoms with van der Waals surface area (Å²) in [6.45, 7) is 0.604. The summed E-state index contributed by atoms with van der Waals surface area (Å²) in [7, 11) is 0. The van der Waals surface area contributed by atoms with Crippen molar-refractivity contribution in [1.82, 2.24) is 0 Å². The Morgan fingerprint density at radius 2 is 1.85 bits per heavy atom. The molecule has 0 bridgehead atoms. The third-order valence-corrected chi connectivity index (χ3v) is 1.29. The molecule has 0 rings (SSSR count). The highest BCUT2D eigenvalue weighted by Gasteiger charge is 2.09. The third kappa shape index (κ3) is 14.7. The normalized spacial score (nSPS) is 11.1. The second-order valence-electron chi connectivity index (χ2n) is 2.37. The van der Waals surface area contributed by atoms with E-state index in [2.05, 4.69) is 0 Å². The summed E-state index contributed by atoms with van der Waals surface area (Å²) in [5, 5.41) is 8.33. The monoisotopic (exact) mass is 208 g/mol. The van der Waals surface area contributed by atoms with Crippen molar-refractivity contribution in [3.63, 3.8) is 0 Å². The minimum Gasteiger partial charge on any atom is -0.496 e.